The van der Waals surface area contributed by atoms with E-state index < -0.39 is 0 Å². The summed E-state index contributed by atoms with van der Waals surface area (Å²) >= 11 is 1.41. The van der Waals surface area contributed by atoms with Crippen molar-refractivity contribution < 1.29 is 4.39 Å². The summed E-state index contributed by atoms with van der Waals surface area (Å²) in [5.74, 6) is -0.152. The molecule has 0 spiro atoms. The molecule has 0 aliphatic heterocycles. The van der Waals surface area contributed by atoms with Gasteiger partial charge in [0, 0.05) is 11.6 Å². The van der Waals surface area contributed by atoms with E-state index in [2.05, 4.69) is 21.4 Å². The van der Waals surface area contributed by atoms with Crippen LogP contribution >= 0.6 is 11.8 Å². The van der Waals surface area contributed by atoms with Crippen molar-refractivity contribution >= 4 is 28.2 Å². The lowest BCUT2D eigenvalue weighted by Gasteiger charge is -2.14. The van der Waals surface area contributed by atoms with Gasteiger partial charge in [-0.15, -0.1) is 11.8 Å². The van der Waals surface area contributed by atoms with E-state index in [0.717, 1.165) is 38.8 Å². The van der Waals surface area contributed by atoms with Crippen LogP contribution in [-0.4, -0.2) is 26.1 Å². The van der Waals surface area contributed by atoms with Gasteiger partial charge in [-0.1, -0.05) is 6.92 Å². The number of nitrogens with zero attached hydrogens (tertiary/aromatic N) is 3. The second-order valence-corrected chi connectivity index (χ2v) is 6.60. The number of thioether (sulfide) groups is 1. The highest BCUT2D eigenvalue weighted by atomic mass is 32.2. The smallest absolute Gasteiger partial charge is 0.142 e. The third kappa shape index (κ3) is 2.13. The Morgan fingerprint density at radius 1 is 1.33 bits per heavy atom. The molecule has 3 heterocycles. The Morgan fingerprint density at radius 3 is 2.92 bits per heavy atom. The highest BCUT2D eigenvalue weighted by Crippen LogP contribution is 2.39. The predicted molar refractivity (Wildman–Crippen MR) is 96.1 cm³/mol. The molecule has 0 fully saturated rings. The monoisotopic (exact) mass is 340 g/mol. The molecule has 122 valence electrons. The Balaban J connectivity index is 2.08. The third-order valence-electron chi connectivity index (χ3n) is 4.33. The first kappa shape index (κ1) is 15.2. The third-order valence-corrected chi connectivity index (χ3v) is 5.13. The minimum absolute atomic E-state index is 0.152. The summed E-state index contributed by atoms with van der Waals surface area (Å²) in [6.07, 6.45) is 6.22. The molecule has 3 aromatic heterocycles. The fraction of sp³-hybridized carbons (Fsp3) is 0.222. The van der Waals surface area contributed by atoms with Crippen LogP contribution in [0.1, 0.15) is 18.2 Å². The number of pyridine rings is 1. The summed E-state index contributed by atoms with van der Waals surface area (Å²) < 4.78 is 16.9. The number of benzene rings is 1. The van der Waals surface area contributed by atoms with Crippen LogP contribution in [0.2, 0.25) is 0 Å². The predicted octanol–water partition coefficient (Wildman–Crippen LogP) is 4.61. The van der Waals surface area contributed by atoms with Gasteiger partial charge in [-0.05, 0) is 54.5 Å². The lowest BCUT2D eigenvalue weighted by Crippen LogP contribution is -1.98. The maximum Gasteiger partial charge on any atom is 0.142 e. The lowest BCUT2D eigenvalue weighted by atomic mass is 9.94. The molecule has 6 heteroatoms. The van der Waals surface area contributed by atoms with E-state index in [1.54, 1.807) is 6.20 Å². The number of nitrogens with one attached hydrogen (secondary N) is 1. The SMILES string of the molecule is CCc1c(F)c(SC)c2[nH]ncc2c1-c1ccn2nc(C)cc2c1. The zero-order valence-corrected chi connectivity index (χ0v) is 14.5. The molecule has 0 bridgehead atoms. The minimum atomic E-state index is -0.152. The Labute approximate surface area is 143 Å². The van der Waals surface area contributed by atoms with E-state index >= 15 is 4.39 Å². The van der Waals surface area contributed by atoms with Gasteiger partial charge < -0.3 is 0 Å². The first-order valence-corrected chi connectivity index (χ1v) is 9.04. The average molecular weight is 340 g/mol. The van der Waals surface area contributed by atoms with Crippen LogP contribution in [0.25, 0.3) is 27.5 Å². The first-order valence-electron chi connectivity index (χ1n) is 7.81. The summed E-state index contributed by atoms with van der Waals surface area (Å²) in [5, 5.41) is 12.5. The molecule has 4 rings (SSSR count). The van der Waals surface area contributed by atoms with Crippen LogP contribution in [0.5, 0.6) is 0 Å². The van der Waals surface area contributed by atoms with Crippen LogP contribution in [-0.2, 0) is 6.42 Å². The molecular weight excluding hydrogens is 323 g/mol. The van der Waals surface area contributed by atoms with Gasteiger partial charge in [-0.3, -0.25) is 5.10 Å². The van der Waals surface area contributed by atoms with Gasteiger partial charge in [-0.2, -0.15) is 10.2 Å². The zero-order chi connectivity index (χ0) is 16.8. The highest BCUT2D eigenvalue weighted by molar-refractivity contribution is 7.98. The van der Waals surface area contributed by atoms with Crippen LogP contribution in [0.15, 0.2) is 35.5 Å². The average Bonchev–Trinajstić information content (AvgIpc) is 3.18. The van der Waals surface area contributed by atoms with Crippen molar-refractivity contribution in [3.05, 3.63) is 47.7 Å². The van der Waals surface area contributed by atoms with Gasteiger partial charge in [0.05, 0.1) is 27.8 Å². The van der Waals surface area contributed by atoms with Crippen molar-refractivity contribution in [2.45, 2.75) is 25.2 Å². The van der Waals surface area contributed by atoms with Gasteiger partial charge >= 0.3 is 0 Å². The number of aromatic amines is 1. The zero-order valence-electron chi connectivity index (χ0n) is 13.7. The van der Waals surface area contributed by atoms with Crippen molar-refractivity contribution in [1.29, 1.82) is 0 Å². The number of aromatic nitrogens is 4. The second kappa shape index (κ2) is 5.63. The molecule has 1 aromatic carbocycles. The van der Waals surface area contributed by atoms with Gasteiger partial charge in [0.15, 0.2) is 0 Å². The van der Waals surface area contributed by atoms with Gasteiger partial charge in [0.25, 0.3) is 0 Å². The van der Waals surface area contributed by atoms with E-state index in [4.69, 9.17) is 0 Å². The molecule has 0 amide bonds. The van der Waals surface area contributed by atoms with Crippen LogP contribution in [0.4, 0.5) is 4.39 Å². The molecule has 4 aromatic rings. The molecule has 4 nitrogen and oxygen atoms in total. The molecule has 1 N–H and O–H groups in total. The molecule has 0 unspecified atom stereocenters. The standard InChI is InChI=1S/C18H17FN4S/c1-4-13-15(11-5-6-23-12(8-11)7-10(2)22-23)14-9-20-21-17(14)18(24-3)16(13)19/h5-9H,4H2,1-3H3,(H,20,21). The molecule has 0 aliphatic carbocycles. The number of H-pyrrole nitrogens is 1. The van der Waals surface area contributed by atoms with E-state index in [1.165, 1.54) is 11.8 Å². The van der Waals surface area contributed by atoms with Crippen molar-refractivity contribution in [3.63, 3.8) is 0 Å². The van der Waals surface area contributed by atoms with Gasteiger partial charge in [-0.25, -0.2) is 8.91 Å². The summed E-state index contributed by atoms with van der Waals surface area (Å²) in [7, 11) is 0. The Morgan fingerprint density at radius 2 is 2.17 bits per heavy atom. The quantitative estimate of drug-likeness (QED) is 0.554. The fourth-order valence-corrected chi connectivity index (χ4v) is 3.96. The molecule has 0 saturated heterocycles. The highest BCUT2D eigenvalue weighted by Gasteiger charge is 2.21. The minimum Gasteiger partial charge on any atom is -0.277 e. The van der Waals surface area contributed by atoms with Crippen molar-refractivity contribution in [3.8, 4) is 11.1 Å². The molecule has 0 aliphatic rings. The number of rotatable bonds is 3. The Bertz CT molecular complexity index is 1060. The summed E-state index contributed by atoms with van der Waals surface area (Å²) in [6, 6.07) is 6.06. The number of aryl methyl sites for hydroxylation is 1. The summed E-state index contributed by atoms with van der Waals surface area (Å²) in [6.45, 7) is 3.95. The largest absolute Gasteiger partial charge is 0.277 e. The summed E-state index contributed by atoms with van der Waals surface area (Å²) in [4.78, 5) is 0.629. The number of halogens is 1. The van der Waals surface area contributed by atoms with Crippen molar-refractivity contribution in [1.82, 2.24) is 19.8 Å². The van der Waals surface area contributed by atoms with E-state index in [1.807, 2.05) is 42.9 Å². The van der Waals surface area contributed by atoms with Crippen molar-refractivity contribution in [2.24, 2.45) is 0 Å². The lowest BCUT2D eigenvalue weighted by molar-refractivity contribution is 0.590. The van der Waals surface area contributed by atoms with Crippen LogP contribution in [0, 0.1) is 12.7 Å². The van der Waals surface area contributed by atoms with Gasteiger partial charge in [0.1, 0.15) is 5.82 Å². The summed E-state index contributed by atoms with van der Waals surface area (Å²) in [5.41, 5.74) is 5.35. The normalized spacial score (nSPS) is 11.7. The number of fused-ring (bicyclic) bond motifs is 2. The van der Waals surface area contributed by atoms with E-state index in [9.17, 15) is 0 Å². The topological polar surface area (TPSA) is 46.0 Å². The first-order chi connectivity index (χ1) is 11.6. The number of hydrogen-bond acceptors (Lipinski definition) is 3. The molecule has 0 atom stereocenters. The molecule has 0 radical (unpaired) electrons. The maximum absolute atomic E-state index is 15.1. The molecule has 24 heavy (non-hydrogen) atoms. The molecule has 0 saturated carbocycles. The second-order valence-electron chi connectivity index (χ2n) is 5.78. The van der Waals surface area contributed by atoms with E-state index in [0.29, 0.717) is 11.3 Å². The maximum atomic E-state index is 15.1. The van der Waals surface area contributed by atoms with Crippen LogP contribution in [0.3, 0.4) is 0 Å². The Hall–Kier alpha value is -2.34. The van der Waals surface area contributed by atoms with E-state index in [-0.39, 0.29) is 5.82 Å². The van der Waals surface area contributed by atoms with Crippen molar-refractivity contribution in [2.75, 3.05) is 6.26 Å². The van der Waals surface area contributed by atoms with Crippen LogP contribution < -0.4 is 0 Å². The number of hydrogen-bond donors (Lipinski definition) is 1. The Kier molecular flexibility index (Phi) is 3.57. The fourth-order valence-electron chi connectivity index (χ4n) is 3.30. The molecular formula is C18H17FN4S. The van der Waals surface area contributed by atoms with Gasteiger partial charge in [0.2, 0.25) is 0 Å².